The van der Waals surface area contributed by atoms with E-state index in [1.165, 1.54) is 0 Å². The Balaban J connectivity index is 1.87. The maximum Gasteiger partial charge on any atom is 0.315 e. The van der Waals surface area contributed by atoms with Crippen LogP contribution in [0.1, 0.15) is 32.3 Å². The zero-order chi connectivity index (χ0) is 16.7. The number of amides is 2. The molecule has 1 unspecified atom stereocenters. The number of rotatable bonds is 7. The molecule has 3 N–H and O–H groups in total. The predicted octanol–water partition coefficient (Wildman–Crippen LogP) is 2.22. The van der Waals surface area contributed by atoms with Crippen molar-refractivity contribution in [3.05, 3.63) is 48.3 Å². The molecule has 2 rings (SSSR count). The quantitative estimate of drug-likeness (QED) is 0.733. The summed E-state index contributed by atoms with van der Waals surface area (Å²) in [6.45, 7) is 4.43. The molecular formula is C17H24N4O2. The number of urea groups is 1. The van der Waals surface area contributed by atoms with E-state index in [9.17, 15) is 4.79 Å². The fourth-order valence-corrected chi connectivity index (χ4v) is 2.26. The number of aliphatic hydroxyl groups is 1. The Bertz CT molecular complexity index is 610. The lowest BCUT2D eigenvalue weighted by Gasteiger charge is -2.29. The molecule has 1 heterocycles. The number of nitrogens with one attached hydrogen (secondary N) is 2. The highest BCUT2D eigenvalue weighted by atomic mass is 16.3. The number of aliphatic hydroxyl groups excluding tert-OH is 1. The summed E-state index contributed by atoms with van der Waals surface area (Å²) in [5.74, 6) is 0. The SMILES string of the molecule is CCC(C)(CCO)NC(=O)NCc1ccc(-n2cccn2)cc1. The highest BCUT2D eigenvalue weighted by molar-refractivity contribution is 5.74. The van der Waals surface area contributed by atoms with Gasteiger partial charge in [-0.25, -0.2) is 9.48 Å². The Morgan fingerprint density at radius 2 is 2.09 bits per heavy atom. The van der Waals surface area contributed by atoms with Crippen LogP contribution in [0, 0.1) is 0 Å². The Morgan fingerprint density at radius 1 is 1.35 bits per heavy atom. The maximum absolute atomic E-state index is 12.0. The van der Waals surface area contributed by atoms with Crippen molar-refractivity contribution in [1.29, 1.82) is 0 Å². The van der Waals surface area contributed by atoms with E-state index in [4.69, 9.17) is 5.11 Å². The standard InChI is InChI=1S/C17H24N4O2/c1-3-17(2,9-12-22)20-16(23)18-13-14-5-7-15(8-6-14)21-11-4-10-19-21/h4-8,10-11,22H,3,9,12-13H2,1-2H3,(H2,18,20,23). The molecule has 6 heteroatoms. The first-order valence-corrected chi connectivity index (χ1v) is 7.82. The molecule has 2 amide bonds. The van der Waals surface area contributed by atoms with Gasteiger partial charge >= 0.3 is 6.03 Å². The van der Waals surface area contributed by atoms with E-state index in [0.717, 1.165) is 17.7 Å². The zero-order valence-corrected chi connectivity index (χ0v) is 13.6. The van der Waals surface area contributed by atoms with Crippen molar-refractivity contribution in [3.63, 3.8) is 0 Å². The van der Waals surface area contributed by atoms with Crippen LogP contribution in [-0.2, 0) is 6.54 Å². The van der Waals surface area contributed by atoms with Gasteiger partial charge in [0.2, 0.25) is 0 Å². The molecular weight excluding hydrogens is 292 g/mol. The minimum absolute atomic E-state index is 0.0551. The van der Waals surface area contributed by atoms with Crippen LogP contribution in [0.3, 0.4) is 0 Å². The van der Waals surface area contributed by atoms with Gasteiger partial charge in [0.25, 0.3) is 0 Å². The third kappa shape index (κ3) is 4.82. The summed E-state index contributed by atoms with van der Waals surface area (Å²) in [5, 5.41) is 19.0. The smallest absolute Gasteiger partial charge is 0.315 e. The van der Waals surface area contributed by atoms with Crippen LogP contribution in [0.5, 0.6) is 0 Å². The summed E-state index contributed by atoms with van der Waals surface area (Å²) in [6, 6.07) is 9.50. The van der Waals surface area contributed by atoms with Crippen molar-refractivity contribution in [2.75, 3.05) is 6.61 Å². The predicted molar refractivity (Wildman–Crippen MR) is 89.3 cm³/mol. The summed E-state index contributed by atoms with van der Waals surface area (Å²) in [5.41, 5.74) is 1.60. The highest BCUT2D eigenvalue weighted by Gasteiger charge is 2.23. The third-order valence-corrected chi connectivity index (χ3v) is 4.02. The molecule has 0 radical (unpaired) electrons. The minimum atomic E-state index is -0.386. The molecule has 0 saturated carbocycles. The lowest BCUT2D eigenvalue weighted by molar-refractivity contribution is 0.200. The van der Waals surface area contributed by atoms with Crippen LogP contribution in [0.25, 0.3) is 5.69 Å². The molecule has 6 nitrogen and oxygen atoms in total. The second-order valence-electron chi connectivity index (χ2n) is 5.81. The van der Waals surface area contributed by atoms with Crippen molar-refractivity contribution in [1.82, 2.24) is 20.4 Å². The van der Waals surface area contributed by atoms with Gasteiger partial charge in [0.05, 0.1) is 5.69 Å². The molecule has 23 heavy (non-hydrogen) atoms. The second-order valence-corrected chi connectivity index (χ2v) is 5.81. The lowest BCUT2D eigenvalue weighted by Crippen LogP contribution is -2.50. The molecule has 0 saturated heterocycles. The van der Waals surface area contributed by atoms with Crippen LogP contribution in [0.15, 0.2) is 42.7 Å². The van der Waals surface area contributed by atoms with E-state index in [0.29, 0.717) is 13.0 Å². The van der Waals surface area contributed by atoms with Crippen molar-refractivity contribution in [2.24, 2.45) is 0 Å². The van der Waals surface area contributed by atoms with E-state index in [-0.39, 0.29) is 18.2 Å². The Labute approximate surface area is 136 Å². The minimum Gasteiger partial charge on any atom is -0.396 e. The number of hydrogen-bond acceptors (Lipinski definition) is 3. The molecule has 1 aromatic carbocycles. The normalized spacial score (nSPS) is 13.3. The Kier molecular flexibility index (Phi) is 5.76. The second kappa shape index (κ2) is 7.78. The van der Waals surface area contributed by atoms with Gasteiger partial charge in [-0.1, -0.05) is 19.1 Å². The summed E-state index contributed by atoms with van der Waals surface area (Å²) in [7, 11) is 0. The van der Waals surface area contributed by atoms with Gasteiger partial charge in [0.1, 0.15) is 0 Å². The fourth-order valence-electron chi connectivity index (χ4n) is 2.26. The number of carbonyl (C=O) groups is 1. The van der Waals surface area contributed by atoms with Gasteiger partial charge in [-0.15, -0.1) is 0 Å². The average Bonchev–Trinajstić information content (AvgIpc) is 3.08. The molecule has 1 atom stereocenters. The molecule has 0 aliphatic carbocycles. The van der Waals surface area contributed by atoms with Gasteiger partial charge in [-0.05, 0) is 43.5 Å². The van der Waals surface area contributed by atoms with E-state index < -0.39 is 0 Å². The van der Waals surface area contributed by atoms with Crippen molar-refractivity contribution in [2.45, 2.75) is 38.8 Å². The first-order chi connectivity index (χ1) is 11.1. The van der Waals surface area contributed by atoms with Gasteiger partial charge in [0.15, 0.2) is 0 Å². The highest BCUT2D eigenvalue weighted by Crippen LogP contribution is 2.13. The average molecular weight is 316 g/mol. The van der Waals surface area contributed by atoms with E-state index in [1.807, 2.05) is 50.4 Å². The van der Waals surface area contributed by atoms with Gasteiger partial charge in [-0.3, -0.25) is 0 Å². The number of benzene rings is 1. The summed E-state index contributed by atoms with van der Waals surface area (Å²) < 4.78 is 1.78. The number of hydrogen-bond donors (Lipinski definition) is 3. The Morgan fingerprint density at radius 3 is 2.65 bits per heavy atom. The van der Waals surface area contributed by atoms with Gasteiger partial charge in [-0.2, -0.15) is 5.10 Å². The molecule has 0 fully saturated rings. The molecule has 2 aromatic rings. The molecule has 124 valence electrons. The lowest BCUT2D eigenvalue weighted by atomic mass is 9.95. The number of nitrogens with zero attached hydrogens (tertiary/aromatic N) is 2. The van der Waals surface area contributed by atoms with Gasteiger partial charge < -0.3 is 15.7 Å². The molecule has 1 aromatic heterocycles. The summed E-state index contributed by atoms with van der Waals surface area (Å²) in [6.07, 6.45) is 4.92. The monoisotopic (exact) mass is 316 g/mol. The molecule has 0 bridgehead atoms. The largest absolute Gasteiger partial charge is 0.396 e. The number of aromatic nitrogens is 2. The van der Waals surface area contributed by atoms with Crippen LogP contribution in [0.4, 0.5) is 4.79 Å². The summed E-state index contributed by atoms with van der Waals surface area (Å²) in [4.78, 5) is 12.0. The van der Waals surface area contributed by atoms with E-state index in [1.54, 1.807) is 10.9 Å². The topological polar surface area (TPSA) is 79.2 Å². The maximum atomic E-state index is 12.0. The zero-order valence-electron chi connectivity index (χ0n) is 13.6. The third-order valence-electron chi connectivity index (χ3n) is 4.02. The van der Waals surface area contributed by atoms with Crippen molar-refractivity contribution in [3.8, 4) is 5.69 Å². The molecule has 0 aliphatic rings. The summed E-state index contributed by atoms with van der Waals surface area (Å²) >= 11 is 0. The van der Waals surface area contributed by atoms with Crippen LogP contribution in [0.2, 0.25) is 0 Å². The number of carbonyl (C=O) groups excluding carboxylic acids is 1. The first kappa shape index (κ1) is 17.0. The first-order valence-electron chi connectivity index (χ1n) is 7.82. The van der Waals surface area contributed by atoms with Crippen molar-refractivity contribution < 1.29 is 9.90 Å². The van der Waals surface area contributed by atoms with Crippen LogP contribution < -0.4 is 10.6 Å². The van der Waals surface area contributed by atoms with E-state index >= 15 is 0 Å². The Hall–Kier alpha value is -2.34. The van der Waals surface area contributed by atoms with Gasteiger partial charge in [0, 0.05) is 31.1 Å². The fraction of sp³-hybridized carbons (Fsp3) is 0.412. The van der Waals surface area contributed by atoms with Crippen molar-refractivity contribution >= 4 is 6.03 Å². The van der Waals surface area contributed by atoms with Crippen LogP contribution in [-0.4, -0.2) is 33.1 Å². The molecule has 0 spiro atoms. The van der Waals surface area contributed by atoms with Crippen LogP contribution >= 0.6 is 0 Å². The van der Waals surface area contributed by atoms with E-state index in [2.05, 4.69) is 15.7 Å². The molecule has 0 aliphatic heterocycles.